The molecule has 1 amide bonds. The fourth-order valence-electron chi connectivity index (χ4n) is 2.26. The topological polar surface area (TPSA) is 99.3 Å². The zero-order valence-corrected chi connectivity index (χ0v) is 16.1. The Morgan fingerprint density at radius 2 is 1.92 bits per heavy atom. The van der Waals surface area contributed by atoms with E-state index in [1.54, 1.807) is 13.8 Å². The van der Waals surface area contributed by atoms with Gasteiger partial charge in [-0.2, -0.15) is 4.31 Å². The van der Waals surface area contributed by atoms with Gasteiger partial charge in [0.05, 0.1) is 4.90 Å². The summed E-state index contributed by atoms with van der Waals surface area (Å²) in [7, 11) is -3.67. The monoisotopic (exact) mass is 427 g/mol. The van der Waals surface area contributed by atoms with Crippen LogP contribution in [0.4, 0.5) is 5.69 Å². The number of sulfonamides is 1. The number of H-pyrrole nitrogens is 1. The van der Waals surface area contributed by atoms with Crippen molar-refractivity contribution in [3.8, 4) is 0 Å². The molecule has 0 aliphatic carbocycles. The molecule has 0 spiro atoms. The summed E-state index contributed by atoms with van der Waals surface area (Å²) < 4.78 is 27.0. The van der Waals surface area contributed by atoms with Crippen LogP contribution in [0.1, 0.15) is 24.2 Å². The summed E-state index contributed by atoms with van der Waals surface area (Å²) in [5, 5.41) is 2.48. The number of nitrogens with zero attached hydrogens (tertiary/aromatic N) is 1. The maximum absolute atomic E-state index is 12.6. The van der Waals surface area contributed by atoms with E-state index in [0.29, 0.717) is 17.6 Å². The van der Waals surface area contributed by atoms with Crippen LogP contribution in [0.25, 0.3) is 0 Å². The van der Waals surface area contributed by atoms with Crippen molar-refractivity contribution in [1.29, 1.82) is 0 Å². The summed E-state index contributed by atoms with van der Waals surface area (Å²) in [5.74, 6) is -0.569. The molecule has 25 heavy (non-hydrogen) atoms. The van der Waals surface area contributed by atoms with E-state index in [1.807, 2.05) is 0 Å². The summed E-state index contributed by atoms with van der Waals surface area (Å²) in [5.41, 5.74) is -0.243. The highest BCUT2D eigenvalue weighted by atomic mass is 79.9. The van der Waals surface area contributed by atoms with Crippen molar-refractivity contribution in [2.45, 2.75) is 18.7 Å². The van der Waals surface area contributed by atoms with Gasteiger partial charge in [-0.15, -0.1) is 0 Å². The Labute approximate surface area is 154 Å². The Bertz CT molecular complexity index is 936. The Balaban J connectivity index is 2.34. The first kappa shape index (κ1) is 19.4. The SMILES string of the molecule is CCN(CC)S(=O)(=O)c1cccc(C(=O)Nc2cc(Br)c[nH]c2=O)c1. The van der Waals surface area contributed by atoms with Crippen LogP contribution >= 0.6 is 15.9 Å². The van der Waals surface area contributed by atoms with Crippen LogP contribution in [0.5, 0.6) is 0 Å². The molecule has 0 saturated carbocycles. The molecule has 9 heteroatoms. The summed E-state index contributed by atoms with van der Waals surface area (Å²) >= 11 is 3.21. The van der Waals surface area contributed by atoms with E-state index >= 15 is 0 Å². The zero-order chi connectivity index (χ0) is 18.6. The lowest BCUT2D eigenvalue weighted by molar-refractivity contribution is 0.102. The third-order valence-corrected chi connectivity index (χ3v) is 6.06. The van der Waals surface area contributed by atoms with E-state index in [4.69, 9.17) is 0 Å². The van der Waals surface area contributed by atoms with Crippen LogP contribution in [-0.4, -0.2) is 36.7 Å². The fraction of sp³-hybridized carbons (Fsp3) is 0.250. The van der Waals surface area contributed by atoms with Crippen LogP contribution in [0.15, 0.2) is 50.7 Å². The van der Waals surface area contributed by atoms with Gasteiger partial charge in [0, 0.05) is 29.3 Å². The van der Waals surface area contributed by atoms with Crippen molar-refractivity contribution in [3.05, 3.63) is 56.9 Å². The van der Waals surface area contributed by atoms with Crippen LogP contribution in [-0.2, 0) is 10.0 Å². The second-order valence-corrected chi connectivity index (χ2v) is 7.99. The standard InChI is InChI=1S/C16H18BrN3O4S/c1-3-20(4-2)25(23,24)13-7-5-6-11(8-13)15(21)19-14-9-12(17)10-18-16(14)22/h5-10H,3-4H2,1-2H3,(H,18,22)(H,19,21). The zero-order valence-electron chi connectivity index (χ0n) is 13.7. The number of benzene rings is 1. The van der Waals surface area contributed by atoms with E-state index < -0.39 is 21.5 Å². The molecule has 0 radical (unpaired) electrons. The van der Waals surface area contributed by atoms with Crippen molar-refractivity contribution >= 4 is 37.5 Å². The van der Waals surface area contributed by atoms with Crippen LogP contribution < -0.4 is 10.9 Å². The molecule has 0 bridgehead atoms. The van der Waals surface area contributed by atoms with Crippen LogP contribution in [0, 0.1) is 0 Å². The minimum atomic E-state index is -3.67. The van der Waals surface area contributed by atoms with Gasteiger partial charge < -0.3 is 10.3 Å². The lowest BCUT2D eigenvalue weighted by Crippen LogP contribution is -2.30. The minimum absolute atomic E-state index is 0.0343. The molecular weight excluding hydrogens is 410 g/mol. The summed E-state index contributed by atoms with van der Waals surface area (Å²) in [6.07, 6.45) is 1.45. The van der Waals surface area contributed by atoms with Gasteiger partial charge in [-0.3, -0.25) is 9.59 Å². The molecule has 2 N–H and O–H groups in total. The first-order chi connectivity index (χ1) is 11.8. The lowest BCUT2D eigenvalue weighted by atomic mass is 10.2. The van der Waals surface area contributed by atoms with Gasteiger partial charge in [-0.05, 0) is 40.2 Å². The van der Waals surface area contributed by atoms with Crippen LogP contribution in [0.3, 0.4) is 0 Å². The molecule has 0 aliphatic rings. The quantitative estimate of drug-likeness (QED) is 0.738. The highest BCUT2D eigenvalue weighted by molar-refractivity contribution is 9.10. The third-order valence-electron chi connectivity index (χ3n) is 3.56. The van der Waals surface area contributed by atoms with Gasteiger partial charge in [0.1, 0.15) is 5.69 Å². The number of aromatic amines is 1. The molecule has 1 heterocycles. The first-order valence-corrected chi connectivity index (χ1v) is 9.82. The molecule has 2 rings (SSSR count). The molecule has 0 unspecified atom stereocenters. The molecule has 134 valence electrons. The number of carbonyl (C=O) groups excluding carboxylic acids is 1. The number of halogens is 1. The predicted molar refractivity (Wildman–Crippen MR) is 99.3 cm³/mol. The second-order valence-electron chi connectivity index (χ2n) is 5.13. The van der Waals surface area contributed by atoms with Crippen molar-refractivity contribution in [2.24, 2.45) is 0 Å². The number of pyridine rings is 1. The van der Waals surface area contributed by atoms with Gasteiger partial charge in [-0.1, -0.05) is 19.9 Å². The van der Waals surface area contributed by atoms with Gasteiger partial charge in [0.15, 0.2) is 0 Å². The summed E-state index contributed by atoms with van der Waals surface area (Å²) in [6, 6.07) is 7.19. The normalized spacial score (nSPS) is 11.5. The molecule has 0 aliphatic heterocycles. The largest absolute Gasteiger partial charge is 0.326 e. The van der Waals surface area contributed by atoms with Crippen molar-refractivity contribution in [3.63, 3.8) is 0 Å². The average molecular weight is 428 g/mol. The van der Waals surface area contributed by atoms with Gasteiger partial charge in [-0.25, -0.2) is 8.42 Å². The highest BCUT2D eigenvalue weighted by Crippen LogP contribution is 2.18. The smallest absolute Gasteiger partial charge is 0.271 e. The molecule has 0 atom stereocenters. The van der Waals surface area contributed by atoms with E-state index in [1.165, 1.54) is 40.8 Å². The van der Waals surface area contributed by atoms with E-state index in [2.05, 4.69) is 26.2 Å². The van der Waals surface area contributed by atoms with Gasteiger partial charge >= 0.3 is 0 Å². The van der Waals surface area contributed by atoms with Crippen molar-refractivity contribution in [1.82, 2.24) is 9.29 Å². The number of carbonyl (C=O) groups is 1. The third kappa shape index (κ3) is 4.36. The molecule has 0 fully saturated rings. The molecule has 1 aromatic carbocycles. The molecule has 7 nitrogen and oxygen atoms in total. The number of hydrogen-bond acceptors (Lipinski definition) is 4. The number of rotatable bonds is 6. The number of nitrogens with one attached hydrogen (secondary N) is 2. The Morgan fingerprint density at radius 3 is 2.56 bits per heavy atom. The Hall–Kier alpha value is -1.97. The highest BCUT2D eigenvalue weighted by Gasteiger charge is 2.22. The Morgan fingerprint density at radius 1 is 1.24 bits per heavy atom. The number of aromatic nitrogens is 1. The average Bonchev–Trinajstić information content (AvgIpc) is 2.59. The minimum Gasteiger partial charge on any atom is -0.326 e. The number of amides is 1. The summed E-state index contributed by atoms with van der Waals surface area (Å²) in [4.78, 5) is 26.6. The summed E-state index contributed by atoms with van der Waals surface area (Å²) in [6.45, 7) is 4.17. The fourth-order valence-corrected chi connectivity index (χ4v) is 4.10. The first-order valence-electron chi connectivity index (χ1n) is 7.59. The van der Waals surface area contributed by atoms with Crippen molar-refractivity contribution < 1.29 is 13.2 Å². The van der Waals surface area contributed by atoms with E-state index in [9.17, 15) is 18.0 Å². The molecule has 0 saturated heterocycles. The Kier molecular flexibility index (Phi) is 6.15. The van der Waals surface area contributed by atoms with Gasteiger partial charge in [0.2, 0.25) is 10.0 Å². The maximum atomic E-state index is 12.6. The molecule has 1 aromatic heterocycles. The molecular formula is C16H18BrN3O4S. The van der Waals surface area contributed by atoms with Gasteiger partial charge in [0.25, 0.3) is 11.5 Å². The lowest BCUT2D eigenvalue weighted by Gasteiger charge is -2.18. The van der Waals surface area contributed by atoms with E-state index in [0.717, 1.165) is 0 Å². The maximum Gasteiger partial charge on any atom is 0.271 e. The predicted octanol–water partition coefficient (Wildman–Crippen LogP) is 2.42. The second kappa shape index (κ2) is 7.94. The van der Waals surface area contributed by atoms with E-state index in [-0.39, 0.29) is 16.1 Å². The number of anilines is 1. The molecule has 2 aromatic rings. The van der Waals surface area contributed by atoms with Crippen molar-refractivity contribution in [2.75, 3.05) is 18.4 Å². The van der Waals surface area contributed by atoms with Crippen LogP contribution in [0.2, 0.25) is 0 Å². The number of hydrogen-bond donors (Lipinski definition) is 2.